The van der Waals surface area contributed by atoms with Crippen molar-refractivity contribution in [2.24, 2.45) is 0 Å². The monoisotopic (exact) mass is 323 g/mol. The highest BCUT2D eigenvalue weighted by Crippen LogP contribution is 2.29. The van der Waals surface area contributed by atoms with E-state index in [0.717, 1.165) is 22.5 Å². The molecular formula is C14H13NO4S2. The van der Waals surface area contributed by atoms with Crippen LogP contribution in [0, 0.1) is 6.92 Å². The smallest absolute Gasteiger partial charge is 0.347 e. The molecule has 0 bridgehead atoms. The quantitative estimate of drug-likeness (QED) is 0.849. The maximum atomic E-state index is 11.1. The number of carboxylic acid groups (broad SMARTS) is 2. The third-order valence-corrected chi connectivity index (χ3v) is 4.84. The Morgan fingerprint density at radius 3 is 2.71 bits per heavy atom. The summed E-state index contributed by atoms with van der Waals surface area (Å²) in [5.41, 5.74) is 2.35. The Bertz CT molecular complexity index is 681. The first kappa shape index (κ1) is 15.5. The van der Waals surface area contributed by atoms with E-state index in [4.69, 9.17) is 10.2 Å². The van der Waals surface area contributed by atoms with E-state index in [-0.39, 0.29) is 10.6 Å². The third kappa shape index (κ3) is 4.05. The van der Waals surface area contributed by atoms with Crippen LogP contribution in [-0.4, -0.2) is 32.9 Å². The van der Waals surface area contributed by atoms with Gasteiger partial charge in [-0.25, -0.2) is 9.78 Å². The summed E-state index contributed by atoms with van der Waals surface area (Å²) in [7, 11) is 0. The van der Waals surface area contributed by atoms with Gasteiger partial charge in [-0.1, -0.05) is 18.2 Å². The minimum Gasteiger partial charge on any atom is -0.481 e. The Labute approximate surface area is 129 Å². The summed E-state index contributed by atoms with van der Waals surface area (Å²) >= 11 is 2.47. The molecule has 1 aromatic heterocycles. The van der Waals surface area contributed by atoms with E-state index in [1.54, 1.807) is 6.92 Å². The summed E-state index contributed by atoms with van der Waals surface area (Å²) in [6.45, 7) is 1.68. The van der Waals surface area contributed by atoms with E-state index in [1.807, 2.05) is 24.3 Å². The summed E-state index contributed by atoms with van der Waals surface area (Å²) < 4.78 is 0. The summed E-state index contributed by atoms with van der Waals surface area (Å²) in [4.78, 5) is 26.1. The van der Waals surface area contributed by atoms with E-state index in [1.165, 1.54) is 11.8 Å². The minimum atomic E-state index is -0.968. The van der Waals surface area contributed by atoms with Crippen LogP contribution in [0.4, 0.5) is 0 Å². The number of thioether (sulfide) groups is 1. The van der Waals surface area contributed by atoms with Gasteiger partial charge in [0.2, 0.25) is 0 Å². The second kappa shape index (κ2) is 6.73. The van der Waals surface area contributed by atoms with Crippen molar-refractivity contribution in [3.05, 3.63) is 40.4 Å². The number of carboxylic acids is 2. The first-order valence-electron chi connectivity index (χ1n) is 6.07. The number of carbonyl (C=O) groups is 2. The second-order valence-corrected chi connectivity index (χ2v) is 6.31. The van der Waals surface area contributed by atoms with Gasteiger partial charge >= 0.3 is 11.9 Å². The van der Waals surface area contributed by atoms with E-state index in [9.17, 15) is 9.59 Å². The molecule has 0 saturated heterocycles. The lowest BCUT2D eigenvalue weighted by molar-refractivity contribution is -0.133. The zero-order valence-corrected chi connectivity index (χ0v) is 12.8. The highest BCUT2D eigenvalue weighted by atomic mass is 32.2. The third-order valence-electron chi connectivity index (χ3n) is 2.66. The van der Waals surface area contributed by atoms with Crippen LogP contribution >= 0.6 is 23.1 Å². The van der Waals surface area contributed by atoms with E-state index >= 15 is 0 Å². The number of nitrogens with zero attached hydrogens (tertiary/aromatic N) is 1. The zero-order valence-electron chi connectivity index (χ0n) is 11.2. The van der Waals surface area contributed by atoms with E-state index < -0.39 is 11.9 Å². The molecule has 0 saturated carbocycles. The Hall–Kier alpha value is -1.86. The molecule has 0 aliphatic heterocycles. The molecule has 1 heterocycles. The van der Waals surface area contributed by atoms with Crippen molar-refractivity contribution in [3.8, 4) is 10.6 Å². The fourth-order valence-corrected chi connectivity index (χ4v) is 3.36. The standard InChI is InChI=1S/C14H13NO4S2/c1-8-12(14(18)19)21-13(15-8)10-4-2-3-9(5-10)6-20-7-11(16)17/h2-5H,6-7H2,1H3,(H,16,17)(H,18,19). The highest BCUT2D eigenvalue weighted by molar-refractivity contribution is 7.99. The van der Waals surface area contributed by atoms with Crippen LogP contribution in [0.2, 0.25) is 0 Å². The summed E-state index contributed by atoms with van der Waals surface area (Å²) in [5, 5.41) is 18.3. The predicted molar refractivity (Wildman–Crippen MR) is 83.0 cm³/mol. The number of aliphatic carboxylic acids is 1. The van der Waals surface area contributed by atoms with Gasteiger partial charge in [0.15, 0.2) is 0 Å². The Morgan fingerprint density at radius 2 is 2.10 bits per heavy atom. The first-order valence-corrected chi connectivity index (χ1v) is 8.04. The van der Waals surface area contributed by atoms with Crippen LogP contribution in [0.15, 0.2) is 24.3 Å². The Morgan fingerprint density at radius 1 is 1.33 bits per heavy atom. The van der Waals surface area contributed by atoms with Crippen molar-refractivity contribution in [2.45, 2.75) is 12.7 Å². The Kier molecular flexibility index (Phi) is 4.98. The zero-order chi connectivity index (χ0) is 15.4. The number of rotatable bonds is 6. The van der Waals surface area contributed by atoms with Gasteiger partial charge in [-0.05, 0) is 18.6 Å². The van der Waals surface area contributed by atoms with Crippen molar-refractivity contribution >= 4 is 35.0 Å². The topological polar surface area (TPSA) is 87.5 Å². The summed E-state index contributed by atoms with van der Waals surface area (Å²) in [5.74, 6) is -1.15. The van der Waals surface area contributed by atoms with Gasteiger partial charge in [-0.15, -0.1) is 23.1 Å². The fraction of sp³-hybridized carbons (Fsp3) is 0.214. The van der Waals surface area contributed by atoms with Crippen molar-refractivity contribution in [1.82, 2.24) is 4.98 Å². The molecule has 7 heteroatoms. The summed E-state index contributed by atoms with van der Waals surface area (Å²) in [6.07, 6.45) is 0. The van der Waals surface area contributed by atoms with E-state index in [2.05, 4.69) is 4.98 Å². The van der Waals surface area contributed by atoms with Gasteiger partial charge < -0.3 is 10.2 Å². The molecule has 0 aliphatic carbocycles. The maximum absolute atomic E-state index is 11.1. The van der Waals surface area contributed by atoms with Crippen LogP contribution in [0.1, 0.15) is 20.9 Å². The number of hydrogen-bond donors (Lipinski definition) is 2. The fourth-order valence-electron chi connectivity index (χ4n) is 1.77. The number of thiazole rings is 1. The maximum Gasteiger partial charge on any atom is 0.347 e. The largest absolute Gasteiger partial charge is 0.481 e. The molecule has 5 nitrogen and oxygen atoms in total. The molecular weight excluding hydrogens is 310 g/mol. The van der Waals surface area contributed by atoms with Crippen LogP contribution < -0.4 is 0 Å². The molecule has 21 heavy (non-hydrogen) atoms. The van der Waals surface area contributed by atoms with Gasteiger partial charge in [0, 0.05) is 11.3 Å². The highest BCUT2D eigenvalue weighted by Gasteiger charge is 2.15. The molecule has 0 amide bonds. The molecule has 0 aliphatic rings. The van der Waals surface area contributed by atoms with E-state index in [0.29, 0.717) is 16.5 Å². The van der Waals surface area contributed by atoms with Crippen LogP contribution in [0.3, 0.4) is 0 Å². The molecule has 0 radical (unpaired) electrons. The molecule has 0 fully saturated rings. The second-order valence-electron chi connectivity index (χ2n) is 4.33. The molecule has 0 unspecified atom stereocenters. The SMILES string of the molecule is Cc1nc(-c2cccc(CSCC(=O)O)c2)sc1C(=O)O. The lowest BCUT2D eigenvalue weighted by atomic mass is 10.1. The summed E-state index contributed by atoms with van der Waals surface area (Å²) in [6, 6.07) is 7.56. The van der Waals surface area contributed by atoms with Gasteiger partial charge in [-0.3, -0.25) is 4.79 Å². The average molecular weight is 323 g/mol. The molecule has 110 valence electrons. The van der Waals surface area contributed by atoms with Gasteiger partial charge in [0.1, 0.15) is 9.88 Å². The van der Waals surface area contributed by atoms with Crippen LogP contribution in [-0.2, 0) is 10.5 Å². The molecule has 2 aromatic rings. The number of benzene rings is 1. The normalized spacial score (nSPS) is 10.5. The number of aromatic nitrogens is 1. The van der Waals surface area contributed by atoms with Crippen molar-refractivity contribution < 1.29 is 19.8 Å². The van der Waals surface area contributed by atoms with Crippen LogP contribution in [0.5, 0.6) is 0 Å². The first-order chi connectivity index (χ1) is 9.97. The molecule has 0 spiro atoms. The molecule has 1 aromatic carbocycles. The number of hydrogen-bond acceptors (Lipinski definition) is 5. The van der Waals surface area contributed by atoms with Gasteiger partial charge in [0.25, 0.3) is 0 Å². The lowest BCUT2D eigenvalue weighted by Gasteiger charge is -2.02. The van der Waals surface area contributed by atoms with Crippen molar-refractivity contribution in [3.63, 3.8) is 0 Å². The van der Waals surface area contributed by atoms with Crippen molar-refractivity contribution in [2.75, 3.05) is 5.75 Å². The average Bonchev–Trinajstić information content (AvgIpc) is 2.81. The predicted octanol–water partition coefficient (Wildman–Crippen LogP) is 3.13. The lowest BCUT2D eigenvalue weighted by Crippen LogP contribution is -1.98. The van der Waals surface area contributed by atoms with Crippen molar-refractivity contribution in [1.29, 1.82) is 0 Å². The number of aryl methyl sites for hydroxylation is 1. The Balaban J connectivity index is 2.19. The number of aromatic carboxylic acids is 1. The minimum absolute atomic E-state index is 0.0593. The van der Waals surface area contributed by atoms with Gasteiger partial charge in [0.05, 0.1) is 11.4 Å². The molecule has 0 atom stereocenters. The molecule has 2 rings (SSSR count). The molecule has 2 N–H and O–H groups in total. The van der Waals surface area contributed by atoms with Crippen LogP contribution in [0.25, 0.3) is 10.6 Å². The van der Waals surface area contributed by atoms with Gasteiger partial charge in [-0.2, -0.15) is 0 Å².